The van der Waals surface area contributed by atoms with E-state index in [1.54, 1.807) is 24.3 Å². The van der Waals surface area contributed by atoms with Gasteiger partial charge in [-0.05, 0) is 23.3 Å². The molecule has 0 saturated carbocycles. The summed E-state index contributed by atoms with van der Waals surface area (Å²) in [5, 5.41) is 22.9. The smallest absolute Gasteiger partial charge is 0.326 e. The minimum Gasteiger partial charge on any atom is -0.480 e. The van der Waals surface area contributed by atoms with Crippen molar-refractivity contribution in [3.8, 4) is 0 Å². The number of non-ortho nitro benzene ring substituents is 1. The molecule has 2 rings (SSSR count). The van der Waals surface area contributed by atoms with Gasteiger partial charge in [-0.15, -0.1) is 0 Å². The molecule has 0 bridgehead atoms. The van der Waals surface area contributed by atoms with Crippen LogP contribution < -0.4 is 5.32 Å². The van der Waals surface area contributed by atoms with E-state index in [2.05, 4.69) is 5.32 Å². The first kappa shape index (κ1) is 18.4. The zero-order valence-electron chi connectivity index (χ0n) is 13.0. The largest absolute Gasteiger partial charge is 0.480 e. The topological polar surface area (TPSA) is 110 Å². The average molecular weight is 363 g/mol. The summed E-state index contributed by atoms with van der Waals surface area (Å²) in [6.07, 6.45) is 0.0564. The van der Waals surface area contributed by atoms with E-state index in [0.29, 0.717) is 10.6 Å². The number of aliphatic carboxylic acids is 1. The molecule has 1 atom stereocenters. The molecule has 0 heterocycles. The van der Waals surface area contributed by atoms with E-state index in [0.717, 1.165) is 5.56 Å². The predicted molar refractivity (Wildman–Crippen MR) is 91.5 cm³/mol. The Hall–Kier alpha value is -2.93. The molecule has 0 aliphatic heterocycles. The molecule has 0 aromatic heterocycles. The van der Waals surface area contributed by atoms with Crippen molar-refractivity contribution in [1.29, 1.82) is 0 Å². The van der Waals surface area contributed by atoms with Crippen molar-refractivity contribution >= 4 is 29.2 Å². The van der Waals surface area contributed by atoms with Crippen LogP contribution in [-0.2, 0) is 22.4 Å². The number of nitrogens with one attached hydrogen (secondary N) is 1. The van der Waals surface area contributed by atoms with Gasteiger partial charge in [0.15, 0.2) is 0 Å². The number of hydrogen-bond donors (Lipinski definition) is 2. The van der Waals surface area contributed by atoms with Crippen LogP contribution in [0.1, 0.15) is 11.1 Å². The first-order valence-electron chi connectivity index (χ1n) is 7.35. The highest BCUT2D eigenvalue weighted by Crippen LogP contribution is 2.13. The lowest BCUT2D eigenvalue weighted by molar-refractivity contribution is -0.384. The van der Waals surface area contributed by atoms with Crippen molar-refractivity contribution in [2.75, 3.05) is 0 Å². The molecule has 0 aliphatic carbocycles. The lowest BCUT2D eigenvalue weighted by atomic mass is 10.1. The fourth-order valence-electron chi connectivity index (χ4n) is 2.22. The number of benzene rings is 2. The van der Waals surface area contributed by atoms with Crippen LogP contribution in [0.15, 0.2) is 48.5 Å². The third-order valence-electron chi connectivity index (χ3n) is 3.50. The molecular weight excluding hydrogens is 348 g/mol. The molecule has 1 amide bonds. The Bertz CT molecular complexity index is 775. The Morgan fingerprint density at radius 1 is 1.08 bits per heavy atom. The molecular formula is C17H15ClN2O5. The predicted octanol–water partition coefficient (Wildman–Crippen LogP) is 2.60. The highest BCUT2D eigenvalue weighted by molar-refractivity contribution is 6.30. The number of nitrogens with zero attached hydrogens (tertiary/aromatic N) is 1. The van der Waals surface area contributed by atoms with Gasteiger partial charge >= 0.3 is 5.97 Å². The molecule has 0 fully saturated rings. The fourth-order valence-corrected chi connectivity index (χ4v) is 2.35. The van der Waals surface area contributed by atoms with Gasteiger partial charge < -0.3 is 10.4 Å². The molecule has 1 unspecified atom stereocenters. The number of nitro groups is 1. The molecule has 0 saturated heterocycles. The first-order valence-corrected chi connectivity index (χ1v) is 7.73. The molecule has 2 N–H and O–H groups in total. The molecule has 0 radical (unpaired) electrons. The van der Waals surface area contributed by atoms with E-state index in [-0.39, 0.29) is 18.5 Å². The Morgan fingerprint density at radius 3 is 2.16 bits per heavy atom. The van der Waals surface area contributed by atoms with Crippen molar-refractivity contribution in [1.82, 2.24) is 5.32 Å². The zero-order chi connectivity index (χ0) is 18.4. The fraction of sp³-hybridized carbons (Fsp3) is 0.176. The van der Waals surface area contributed by atoms with E-state index >= 15 is 0 Å². The van der Waals surface area contributed by atoms with Crippen LogP contribution in [0.25, 0.3) is 0 Å². The molecule has 2 aromatic carbocycles. The lowest BCUT2D eigenvalue weighted by Gasteiger charge is -2.15. The molecule has 0 aliphatic rings. The lowest BCUT2D eigenvalue weighted by Crippen LogP contribution is -2.43. The average Bonchev–Trinajstić information content (AvgIpc) is 2.56. The van der Waals surface area contributed by atoms with Crippen molar-refractivity contribution in [2.45, 2.75) is 18.9 Å². The van der Waals surface area contributed by atoms with E-state index in [1.807, 2.05) is 0 Å². The number of carboxylic acid groups (broad SMARTS) is 1. The quantitative estimate of drug-likeness (QED) is 0.581. The summed E-state index contributed by atoms with van der Waals surface area (Å²) in [6.45, 7) is 0. The van der Waals surface area contributed by atoms with Gasteiger partial charge in [0.2, 0.25) is 5.91 Å². The second-order valence-corrected chi connectivity index (χ2v) is 5.83. The SMILES string of the molecule is O=C(Cc1ccc([N+](=O)[O-])cc1)NC(Cc1ccc(Cl)cc1)C(=O)O. The maximum absolute atomic E-state index is 12.1. The number of carboxylic acids is 1. The standard InChI is InChI=1S/C17H15ClN2O5/c18-13-5-1-11(2-6-13)9-15(17(22)23)19-16(21)10-12-3-7-14(8-4-12)20(24)25/h1-8,15H,9-10H2,(H,19,21)(H,22,23). The van der Waals surface area contributed by atoms with Crippen molar-refractivity contribution in [2.24, 2.45) is 0 Å². The Kier molecular flexibility index (Phi) is 6.08. The Balaban J connectivity index is 1.98. The number of carbonyl (C=O) groups is 2. The normalized spacial score (nSPS) is 11.6. The van der Waals surface area contributed by atoms with Crippen LogP contribution in [-0.4, -0.2) is 27.9 Å². The van der Waals surface area contributed by atoms with Gasteiger partial charge in [-0.3, -0.25) is 14.9 Å². The van der Waals surface area contributed by atoms with Gasteiger partial charge in [-0.1, -0.05) is 35.9 Å². The number of nitro benzene ring substituents is 1. The van der Waals surface area contributed by atoms with E-state index < -0.39 is 22.8 Å². The van der Waals surface area contributed by atoms with Gasteiger partial charge in [0.25, 0.3) is 5.69 Å². The van der Waals surface area contributed by atoms with E-state index in [4.69, 9.17) is 11.6 Å². The highest BCUT2D eigenvalue weighted by Gasteiger charge is 2.20. The third-order valence-corrected chi connectivity index (χ3v) is 3.75. The van der Waals surface area contributed by atoms with Crippen molar-refractivity contribution in [3.63, 3.8) is 0 Å². The molecule has 25 heavy (non-hydrogen) atoms. The molecule has 0 spiro atoms. The summed E-state index contributed by atoms with van der Waals surface area (Å²) >= 11 is 5.79. The molecule has 130 valence electrons. The third kappa shape index (κ3) is 5.58. The van der Waals surface area contributed by atoms with Gasteiger partial charge in [-0.2, -0.15) is 0 Å². The summed E-state index contributed by atoms with van der Waals surface area (Å²) in [6, 6.07) is 11.1. The van der Waals surface area contributed by atoms with Crippen molar-refractivity contribution in [3.05, 3.63) is 74.8 Å². The number of amides is 1. The van der Waals surface area contributed by atoms with Crippen molar-refractivity contribution < 1.29 is 19.6 Å². The number of halogens is 1. The van der Waals surface area contributed by atoms with E-state index in [1.165, 1.54) is 24.3 Å². The molecule has 7 nitrogen and oxygen atoms in total. The number of rotatable bonds is 7. The van der Waals surface area contributed by atoms with Gasteiger partial charge in [0.05, 0.1) is 11.3 Å². The summed E-state index contributed by atoms with van der Waals surface area (Å²) < 4.78 is 0. The van der Waals surface area contributed by atoms with Crippen LogP contribution in [0.3, 0.4) is 0 Å². The highest BCUT2D eigenvalue weighted by atomic mass is 35.5. The Morgan fingerprint density at radius 2 is 1.64 bits per heavy atom. The Labute approximate surface area is 148 Å². The zero-order valence-corrected chi connectivity index (χ0v) is 13.8. The van der Waals surface area contributed by atoms with Gasteiger partial charge in [0.1, 0.15) is 6.04 Å². The molecule has 8 heteroatoms. The maximum Gasteiger partial charge on any atom is 0.326 e. The second kappa shape index (κ2) is 8.25. The summed E-state index contributed by atoms with van der Waals surface area (Å²) in [5.74, 6) is -1.62. The number of carbonyl (C=O) groups excluding carboxylic acids is 1. The van der Waals surface area contributed by atoms with Crippen LogP contribution in [0, 0.1) is 10.1 Å². The first-order chi connectivity index (χ1) is 11.8. The summed E-state index contributed by atoms with van der Waals surface area (Å²) in [7, 11) is 0. The minimum absolute atomic E-state index is 0.0671. The summed E-state index contributed by atoms with van der Waals surface area (Å²) in [5.41, 5.74) is 1.21. The van der Waals surface area contributed by atoms with Crippen LogP contribution in [0.5, 0.6) is 0 Å². The summed E-state index contributed by atoms with van der Waals surface area (Å²) in [4.78, 5) is 33.5. The monoisotopic (exact) mass is 362 g/mol. The second-order valence-electron chi connectivity index (χ2n) is 5.39. The van der Waals surface area contributed by atoms with Gasteiger partial charge in [0, 0.05) is 23.6 Å². The van der Waals surface area contributed by atoms with Gasteiger partial charge in [-0.25, -0.2) is 4.79 Å². The molecule has 2 aromatic rings. The number of hydrogen-bond acceptors (Lipinski definition) is 4. The van der Waals surface area contributed by atoms with Crippen LogP contribution >= 0.6 is 11.6 Å². The minimum atomic E-state index is -1.15. The van der Waals surface area contributed by atoms with Crippen LogP contribution in [0.2, 0.25) is 5.02 Å². The van der Waals surface area contributed by atoms with Crippen LogP contribution in [0.4, 0.5) is 5.69 Å². The van der Waals surface area contributed by atoms with E-state index in [9.17, 15) is 24.8 Å². The maximum atomic E-state index is 12.1.